The summed E-state index contributed by atoms with van der Waals surface area (Å²) >= 11 is 14.2. The molecule has 0 aliphatic carbocycles. The SMILES string of the molecule is Cc1ccc(C(=O)NCc2nnc(SCc3cccc(C)c3)n2-c2ccc(Cl)cc2Cl)cc1. The van der Waals surface area contributed by atoms with Gasteiger partial charge in [-0.2, -0.15) is 0 Å². The molecule has 5 nitrogen and oxygen atoms in total. The number of hydrogen-bond donors (Lipinski definition) is 1. The average molecular weight is 497 g/mol. The number of rotatable bonds is 7. The molecule has 1 N–H and O–H groups in total. The molecule has 0 aliphatic heterocycles. The Hall–Kier alpha value is -2.80. The van der Waals surface area contributed by atoms with Crippen LogP contribution in [0.3, 0.4) is 0 Å². The molecule has 0 fully saturated rings. The molecule has 0 saturated carbocycles. The first kappa shape index (κ1) is 23.4. The van der Waals surface area contributed by atoms with Gasteiger partial charge in [0.05, 0.1) is 17.3 Å². The van der Waals surface area contributed by atoms with E-state index < -0.39 is 0 Å². The van der Waals surface area contributed by atoms with Crippen LogP contribution in [0, 0.1) is 13.8 Å². The van der Waals surface area contributed by atoms with Crippen molar-refractivity contribution in [3.05, 3.63) is 105 Å². The second-order valence-electron chi connectivity index (χ2n) is 7.66. The van der Waals surface area contributed by atoms with Gasteiger partial charge in [0.2, 0.25) is 0 Å². The highest BCUT2D eigenvalue weighted by Crippen LogP contribution is 2.30. The van der Waals surface area contributed by atoms with Crippen LogP contribution in [0.15, 0.2) is 71.9 Å². The molecule has 8 heteroatoms. The Bertz CT molecular complexity index is 1290. The fraction of sp³-hybridized carbons (Fsp3) is 0.160. The fourth-order valence-electron chi connectivity index (χ4n) is 3.33. The van der Waals surface area contributed by atoms with Gasteiger partial charge in [-0.15, -0.1) is 10.2 Å². The van der Waals surface area contributed by atoms with Gasteiger partial charge in [-0.05, 0) is 49.7 Å². The van der Waals surface area contributed by atoms with E-state index in [1.54, 1.807) is 36.0 Å². The van der Waals surface area contributed by atoms with Gasteiger partial charge in [0, 0.05) is 16.3 Å². The second-order valence-corrected chi connectivity index (χ2v) is 9.44. The lowest BCUT2D eigenvalue weighted by molar-refractivity contribution is 0.0949. The maximum atomic E-state index is 12.6. The molecule has 0 spiro atoms. The highest BCUT2D eigenvalue weighted by molar-refractivity contribution is 7.98. The van der Waals surface area contributed by atoms with E-state index in [4.69, 9.17) is 23.2 Å². The van der Waals surface area contributed by atoms with Crippen LogP contribution in [0.1, 0.15) is 32.9 Å². The lowest BCUT2D eigenvalue weighted by atomic mass is 10.1. The summed E-state index contributed by atoms with van der Waals surface area (Å²) in [5.41, 5.74) is 4.78. The number of carbonyl (C=O) groups excluding carboxylic acids is 1. The van der Waals surface area contributed by atoms with Crippen molar-refractivity contribution in [2.75, 3.05) is 0 Å². The number of amides is 1. The van der Waals surface area contributed by atoms with Crippen molar-refractivity contribution in [1.29, 1.82) is 0 Å². The summed E-state index contributed by atoms with van der Waals surface area (Å²) in [4.78, 5) is 12.6. The number of halogens is 2. The summed E-state index contributed by atoms with van der Waals surface area (Å²) in [5, 5.41) is 13.4. The first-order chi connectivity index (χ1) is 15.9. The third-order valence-corrected chi connectivity index (χ3v) is 6.56. The van der Waals surface area contributed by atoms with E-state index in [1.165, 1.54) is 11.1 Å². The first-order valence-corrected chi connectivity index (χ1v) is 12.1. The number of aromatic nitrogens is 3. The predicted molar refractivity (Wildman–Crippen MR) is 134 cm³/mol. The summed E-state index contributed by atoms with van der Waals surface area (Å²) in [6.45, 7) is 4.25. The lowest BCUT2D eigenvalue weighted by Crippen LogP contribution is -2.24. The topological polar surface area (TPSA) is 59.8 Å². The minimum absolute atomic E-state index is 0.180. The highest BCUT2D eigenvalue weighted by atomic mass is 35.5. The van der Waals surface area contributed by atoms with Gasteiger partial charge in [-0.1, -0.05) is 82.5 Å². The molecule has 0 aliphatic rings. The van der Waals surface area contributed by atoms with E-state index in [-0.39, 0.29) is 12.5 Å². The van der Waals surface area contributed by atoms with Gasteiger partial charge in [-0.25, -0.2) is 0 Å². The smallest absolute Gasteiger partial charge is 0.251 e. The molecule has 4 rings (SSSR count). The summed E-state index contributed by atoms with van der Waals surface area (Å²) in [6.07, 6.45) is 0. The Labute approximate surface area is 207 Å². The van der Waals surface area contributed by atoms with Gasteiger partial charge in [0.25, 0.3) is 5.91 Å². The van der Waals surface area contributed by atoms with Gasteiger partial charge < -0.3 is 5.32 Å². The fourth-order valence-corrected chi connectivity index (χ4v) is 4.73. The van der Waals surface area contributed by atoms with Crippen molar-refractivity contribution in [3.8, 4) is 5.69 Å². The maximum absolute atomic E-state index is 12.6. The van der Waals surface area contributed by atoms with Crippen molar-refractivity contribution >= 4 is 40.9 Å². The van der Waals surface area contributed by atoms with Crippen LogP contribution in [-0.2, 0) is 12.3 Å². The minimum Gasteiger partial charge on any atom is -0.345 e. The predicted octanol–water partition coefficient (Wildman–Crippen LogP) is 6.41. The molecule has 1 amide bonds. The Kier molecular flexibility index (Phi) is 7.38. The first-order valence-electron chi connectivity index (χ1n) is 10.3. The average Bonchev–Trinajstić information content (AvgIpc) is 3.19. The molecule has 4 aromatic rings. The quantitative estimate of drug-likeness (QED) is 0.300. The maximum Gasteiger partial charge on any atom is 0.251 e. The highest BCUT2D eigenvalue weighted by Gasteiger charge is 2.18. The zero-order valence-electron chi connectivity index (χ0n) is 18.2. The number of thioether (sulfide) groups is 1. The van der Waals surface area contributed by atoms with E-state index in [2.05, 4.69) is 40.6 Å². The van der Waals surface area contributed by atoms with Gasteiger partial charge in [0.15, 0.2) is 11.0 Å². The molecule has 1 aromatic heterocycles. The molecule has 3 aromatic carbocycles. The summed E-state index contributed by atoms with van der Waals surface area (Å²) in [7, 11) is 0. The van der Waals surface area contributed by atoms with Gasteiger partial charge >= 0.3 is 0 Å². The number of nitrogens with zero attached hydrogens (tertiary/aromatic N) is 3. The van der Waals surface area contributed by atoms with Crippen molar-refractivity contribution < 1.29 is 4.79 Å². The van der Waals surface area contributed by atoms with Crippen molar-refractivity contribution in [2.24, 2.45) is 0 Å². The Balaban J connectivity index is 1.60. The van der Waals surface area contributed by atoms with Gasteiger partial charge in [-0.3, -0.25) is 9.36 Å². The Morgan fingerprint density at radius 3 is 2.48 bits per heavy atom. The lowest BCUT2D eigenvalue weighted by Gasteiger charge is -2.13. The normalized spacial score (nSPS) is 10.9. The molecule has 33 heavy (non-hydrogen) atoms. The zero-order valence-corrected chi connectivity index (χ0v) is 20.5. The number of hydrogen-bond acceptors (Lipinski definition) is 4. The van der Waals surface area contributed by atoms with Crippen molar-refractivity contribution in [1.82, 2.24) is 20.1 Å². The molecule has 168 valence electrons. The van der Waals surface area contributed by atoms with Crippen molar-refractivity contribution in [2.45, 2.75) is 31.3 Å². The van der Waals surface area contributed by atoms with E-state index in [0.717, 1.165) is 11.3 Å². The van der Waals surface area contributed by atoms with Gasteiger partial charge in [0.1, 0.15) is 0 Å². The zero-order chi connectivity index (χ0) is 23.4. The van der Waals surface area contributed by atoms with E-state index in [9.17, 15) is 4.79 Å². The molecule has 1 heterocycles. The van der Waals surface area contributed by atoms with Crippen LogP contribution in [-0.4, -0.2) is 20.7 Å². The van der Waals surface area contributed by atoms with E-state index in [1.807, 2.05) is 35.8 Å². The minimum atomic E-state index is -0.180. The monoisotopic (exact) mass is 496 g/mol. The standard InChI is InChI=1S/C25H22Cl2N4OS/c1-16-6-8-19(9-7-16)24(32)28-14-23-29-30-25(33-15-18-5-3-4-17(2)12-18)31(23)22-11-10-20(26)13-21(22)27/h3-13H,14-15H2,1-2H3,(H,28,32). The van der Waals surface area contributed by atoms with Crippen molar-refractivity contribution in [3.63, 3.8) is 0 Å². The van der Waals surface area contributed by atoms with E-state index in [0.29, 0.717) is 32.3 Å². The third kappa shape index (κ3) is 5.77. The van der Waals surface area contributed by atoms with Crippen LogP contribution in [0.4, 0.5) is 0 Å². The number of benzene rings is 3. The molecular formula is C25H22Cl2N4OS. The summed E-state index contributed by atoms with van der Waals surface area (Å²) < 4.78 is 1.87. The number of aryl methyl sites for hydroxylation is 2. The Morgan fingerprint density at radius 2 is 1.76 bits per heavy atom. The summed E-state index contributed by atoms with van der Waals surface area (Å²) in [5.74, 6) is 1.12. The second kappa shape index (κ2) is 10.4. The van der Waals surface area contributed by atoms with Crippen LogP contribution < -0.4 is 5.32 Å². The molecule has 0 atom stereocenters. The molecule has 0 saturated heterocycles. The van der Waals surface area contributed by atoms with Crippen LogP contribution in [0.2, 0.25) is 10.0 Å². The Morgan fingerprint density at radius 1 is 0.970 bits per heavy atom. The number of nitrogens with one attached hydrogen (secondary N) is 1. The molecular weight excluding hydrogens is 475 g/mol. The number of carbonyl (C=O) groups is 1. The van der Waals surface area contributed by atoms with Crippen LogP contribution in [0.5, 0.6) is 0 Å². The van der Waals surface area contributed by atoms with Crippen LogP contribution >= 0.6 is 35.0 Å². The summed E-state index contributed by atoms with van der Waals surface area (Å²) in [6, 6.07) is 21.0. The third-order valence-electron chi connectivity index (χ3n) is 5.02. The largest absolute Gasteiger partial charge is 0.345 e. The molecule has 0 bridgehead atoms. The van der Waals surface area contributed by atoms with Crippen LogP contribution in [0.25, 0.3) is 5.69 Å². The van der Waals surface area contributed by atoms with E-state index >= 15 is 0 Å². The molecule has 0 unspecified atom stereocenters. The molecule has 0 radical (unpaired) electrons.